The Morgan fingerprint density at radius 3 is 2.35 bits per heavy atom. The maximum Gasteiger partial charge on any atom is 0.238 e. The number of piperazine rings is 1. The van der Waals surface area contributed by atoms with Crippen molar-refractivity contribution in [2.24, 2.45) is 5.73 Å². The first kappa shape index (κ1) is 15.7. The van der Waals surface area contributed by atoms with E-state index in [-0.39, 0.29) is 5.91 Å². The zero-order valence-corrected chi connectivity index (χ0v) is 13.0. The second kappa shape index (κ2) is 6.87. The van der Waals surface area contributed by atoms with Gasteiger partial charge in [-0.1, -0.05) is 19.8 Å². The van der Waals surface area contributed by atoms with Crippen LogP contribution in [0.4, 0.5) is 0 Å². The van der Waals surface area contributed by atoms with E-state index >= 15 is 0 Å². The number of amides is 1. The lowest BCUT2D eigenvalue weighted by Gasteiger charge is -2.41. The van der Waals surface area contributed by atoms with E-state index in [1.807, 2.05) is 13.8 Å². The van der Waals surface area contributed by atoms with Gasteiger partial charge in [-0.05, 0) is 26.3 Å². The Bertz CT molecular complexity index is 322. The van der Waals surface area contributed by atoms with E-state index in [2.05, 4.69) is 15.1 Å². The molecule has 20 heavy (non-hydrogen) atoms. The summed E-state index contributed by atoms with van der Waals surface area (Å²) >= 11 is 0. The monoisotopic (exact) mass is 282 g/mol. The van der Waals surface area contributed by atoms with Gasteiger partial charge >= 0.3 is 0 Å². The molecule has 0 radical (unpaired) electrons. The van der Waals surface area contributed by atoms with Gasteiger partial charge in [0.25, 0.3) is 0 Å². The Balaban J connectivity index is 1.82. The van der Waals surface area contributed by atoms with Gasteiger partial charge in [-0.15, -0.1) is 0 Å². The molecule has 0 bridgehead atoms. The number of nitrogens with zero attached hydrogens (tertiary/aromatic N) is 2. The van der Waals surface area contributed by atoms with Crippen LogP contribution < -0.4 is 11.1 Å². The molecule has 5 nitrogen and oxygen atoms in total. The highest BCUT2D eigenvalue weighted by Gasteiger charge is 2.34. The van der Waals surface area contributed by atoms with Crippen LogP contribution in [0.2, 0.25) is 0 Å². The van der Waals surface area contributed by atoms with E-state index in [4.69, 9.17) is 5.73 Å². The lowest BCUT2D eigenvalue weighted by molar-refractivity contribution is -0.124. The molecule has 0 aromatic carbocycles. The fourth-order valence-corrected chi connectivity index (χ4v) is 3.61. The van der Waals surface area contributed by atoms with E-state index in [1.165, 1.54) is 25.7 Å². The zero-order chi connectivity index (χ0) is 14.6. The van der Waals surface area contributed by atoms with E-state index < -0.39 is 5.54 Å². The van der Waals surface area contributed by atoms with Gasteiger partial charge in [-0.2, -0.15) is 0 Å². The lowest BCUT2D eigenvalue weighted by atomic mass is 10.00. The SMILES string of the molecule is CCNC(C)(CN1CCN(C2CCCC2)CC1)C(N)=O. The highest BCUT2D eigenvalue weighted by atomic mass is 16.1. The molecule has 0 spiro atoms. The molecule has 1 aliphatic heterocycles. The van der Waals surface area contributed by atoms with Crippen LogP contribution in [0.3, 0.4) is 0 Å². The van der Waals surface area contributed by atoms with Crippen molar-refractivity contribution in [1.82, 2.24) is 15.1 Å². The fraction of sp³-hybridized carbons (Fsp3) is 0.933. The Kier molecular flexibility index (Phi) is 5.41. The minimum absolute atomic E-state index is 0.252. The molecule has 116 valence electrons. The number of nitrogens with one attached hydrogen (secondary N) is 1. The van der Waals surface area contributed by atoms with Gasteiger partial charge < -0.3 is 11.1 Å². The summed E-state index contributed by atoms with van der Waals surface area (Å²) in [5.74, 6) is -0.252. The quantitative estimate of drug-likeness (QED) is 0.740. The molecular formula is C15H30N4O. The first-order valence-electron chi connectivity index (χ1n) is 8.06. The predicted octanol–water partition coefficient (Wildman–Crippen LogP) is 0.400. The van der Waals surface area contributed by atoms with Crippen LogP contribution in [-0.4, -0.2) is 66.6 Å². The van der Waals surface area contributed by atoms with Gasteiger partial charge in [0, 0.05) is 38.8 Å². The molecule has 1 saturated heterocycles. The molecule has 0 aromatic rings. The number of carbonyl (C=O) groups is 1. The predicted molar refractivity (Wildman–Crippen MR) is 81.5 cm³/mol. The second-order valence-corrected chi connectivity index (χ2v) is 6.48. The third-order valence-electron chi connectivity index (χ3n) is 4.90. The van der Waals surface area contributed by atoms with Gasteiger partial charge in [-0.3, -0.25) is 14.6 Å². The highest BCUT2D eigenvalue weighted by molar-refractivity contribution is 5.84. The summed E-state index contributed by atoms with van der Waals surface area (Å²) in [7, 11) is 0. The summed E-state index contributed by atoms with van der Waals surface area (Å²) in [4.78, 5) is 16.7. The summed E-state index contributed by atoms with van der Waals surface area (Å²) < 4.78 is 0. The maximum atomic E-state index is 11.7. The molecule has 2 fully saturated rings. The maximum absolute atomic E-state index is 11.7. The summed E-state index contributed by atoms with van der Waals surface area (Å²) in [5.41, 5.74) is 4.96. The van der Waals surface area contributed by atoms with Crippen LogP contribution in [0, 0.1) is 0 Å². The van der Waals surface area contributed by atoms with Gasteiger partial charge in [0.05, 0.1) is 0 Å². The van der Waals surface area contributed by atoms with Crippen molar-refractivity contribution in [3.8, 4) is 0 Å². The Morgan fingerprint density at radius 1 is 1.25 bits per heavy atom. The molecule has 3 N–H and O–H groups in total. The van der Waals surface area contributed by atoms with E-state index in [1.54, 1.807) is 0 Å². The van der Waals surface area contributed by atoms with Crippen molar-refractivity contribution in [2.75, 3.05) is 39.3 Å². The van der Waals surface area contributed by atoms with Crippen molar-refractivity contribution in [3.05, 3.63) is 0 Å². The van der Waals surface area contributed by atoms with Crippen LogP contribution in [0.15, 0.2) is 0 Å². The molecular weight excluding hydrogens is 252 g/mol. The van der Waals surface area contributed by atoms with Crippen LogP contribution in [0.25, 0.3) is 0 Å². The van der Waals surface area contributed by atoms with Crippen LogP contribution in [0.1, 0.15) is 39.5 Å². The largest absolute Gasteiger partial charge is 0.368 e. The van der Waals surface area contributed by atoms with Crippen molar-refractivity contribution in [2.45, 2.75) is 51.1 Å². The summed E-state index contributed by atoms with van der Waals surface area (Å²) in [6.45, 7) is 9.77. The summed E-state index contributed by atoms with van der Waals surface area (Å²) in [6, 6.07) is 0.813. The first-order chi connectivity index (χ1) is 9.55. The third kappa shape index (κ3) is 3.71. The normalized spacial score (nSPS) is 25.7. The molecule has 2 rings (SSSR count). The van der Waals surface area contributed by atoms with Crippen LogP contribution in [0.5, 0.6) is 0 Å². The van der Waals surface area contributed by atoms with Crippen molar-refractivity contribution < 1.29 is 4.79 Å². The molecule has 2 aliphatic rings. The Labute approximate surface area is 122 Å². The van der Waals surface area contributed by atoms with Gasteiger partial charge in [0.2, 0.25) is 5.91 Å². The van der Waals surface area contributed by atoms with E-state index in [0.29, 0.717) is 6.54 Å². The number of carbonyl (C=O) groups excluding carboxylic acids is 1. The smallest absolute Gasteiger partial charge is 0.238 e. The van der Waals surface area contributed by atoms with Crippen molar-refractivity contribution in [1.29, 1.82) is 0 Å². The highest BCUT2D eigenvalue weighted by Crippen LogP contribution is 2.24. The number of hydrogen-bond acceptors (Lipinski definition) is 4. The molecule has 5 heteroatoms. The Morgan fingerprint density at radius 2 is 1.85 bits per heavy atom. The minimum Gasteiger partial charge on any atom is -0.368 e. The lowest BCUT2D eigenvalue weighted by Crippen LogP contribution is -2.62. The number of likely N-dealkylation sites (N-methyl/N-ethyl adjacent to an activating group) is 1. The standard InChI is InChI=1S/C15H30N4O/c1-3-17-15(2,14(16)20)12-18-8-10-19(11-9-18)13-6-4-5-7-13/h13,17H,3-12H2,1-2H3,(H2,16,20). The first-order valence-corrected chi connectivity index (χ1v) is 8.06. The minimum atomic E-state index is -0.607. The van der Waals surface area contributed by atoms with Gasteiger partial charge in [0.1, 0.15) is 5.54 Å². The molecule has 1 unspecified atom stereocenters. The fourth-order valence-electron chi connectivity index (χ4n) is 3.61. The van der Waals surface area contributed by atoms with Crippen molar-refractivity contribution >= 4 is 5.91 Å². The molecule has 1 aliphatic carbocycles. The molecule has 1 heterocycles. The second-order valence-electron chi connectivity index (χ2n) is 6.48. The molecule has 1 saturated carbocycles. The third-order valence-corrected chi connectivity index (χ3v) is 4.90. The average Bonchev–Trinajstić information content (AvgIpc) is 2.93. The number of hydrogen-bond donors (Lipinski definition) is 2. The molecule has 0 aromatic heterocycles. The molecule has 1 atom stereocenters. The summed E-state index contributed by atoms with van der Waals surface area (Å²) in [6.07, 6.45) is 5.53. The molecule has 1 amide bonds. The van der Waals surface area contributed by atoms with Crippen LogP contribution in [-0.2, 0) is 4.79 Å². The number of rotatable bonds is 6. The number of nitrogens with two attached hydrogens (primary N) is 1. The van der Waals surface area contributed by atoms with Crippen molar-refractivity contribution in [3.63, 3.8) is 0 Å². The van der Waals surface area contributed by atoms with Gasteiger partial charge in [0.15, 0.2) is 0 Å². The zero-order valence-electron chi connectivity index (χ0n) is 13.0. The Hall–Kier alpha value is -0.650. The average molecular weight is 282 g/mol. The number of primary amides is 1. The van der Waals surface area contributed by atoms with Gasteiger partial charge in [-0.25, -0.2) is 0 Å². The summed E-state index contributed by atoms with van der Waals surface area (Å²) in [5, 5.41) is 3.24. The van der Waals surface area contributed by atoms with Crippen LogP contribution >= 0.6 is 0 Å². The topological polar surface area (TPSA) is 61.6 Å². The van der Waals surface area contributed by atoms with E-state index in [9.17, 15) is 4.79 Å². The van der Waals surface area contributed by atoms with E-state index in [0.717, 1.165) is 38.8 Å².